The summed E-state index contributed by atoms with van der Waals surface area (Å²) in [6, 6.07) is 3.29. The normalized spacial score (nSPS) is 10.5. The van der Waals surface area contributed by atoms with Crippen LogP contribution in [0, 0.1) is 0 Å². The summed E-state index contributed by atoms with van der Waals surface area (Å²) >= 11 is 0. The molecule has 2 aromatic rings. The van der Waals surface area contributed by atoms with E-state index in [2.05, 4.69) is 9.97 Å². The molecule has 0 radical (unpaired) electrons. The Morgan fingerprint density at radius 1 is 1.50 bits per heavy atom. The summed E-state index contributed by atoms with van der Waals surface area (Å²) < 4.78 is 5.13. The van der Waals surface area contributed by atoms with Crippen LogP contribution in [-0.2, 0) is 0 Å². The number of nitrogens with zero attached hydrogens (tertiary/aromatic N) is 3. The molecule has 18 heavy (non-hydrogen) atoms. The van der Waals surface area contributed by atoms with Gasteiger partial charge in [0.05, 0.1) is 0 Å². The summed E-state index contributed by atoms with van der Waals surface area (Å²) in [5, 5.41) is 8.93. The number of carbonyl (C=O) groups is 2. The molecule has 7 nitrogen and oxygen atoms in total. The number of carbonyl (C=O) groups excluding carboxylic acids is 1. The first kappa shape index (κ1) is 12.0. The zero-order valence-corrected chi connectivity index (χ0v) is 9.66. The highest BCUT2D eigenvalue weighted by molar-refractivity contribution is 6.00. The average Bonchev–Trinajstić information content (AvgIpc) is 2.78. The standard InChI is InChI=1S/C11H11N3O4/c1-2-6-14(11(16)17)10(15)9-13-7-4-3-5-12-8(7)18-9/h3-5H,2,6H2,1H3,(H,16,17). The number of rotatable bonds is 3. The molecule has 2 aromatic heterocycles. The highest BCUT2D eigenvalue weighted by Gasteiger charge is 2.26. The molecule has 0 fully saturated rings. The number of carboxylic acid groups (broad SMARTS) is 1. The number of pyridine rings is 1. The minimum absolute atomic E-state index is 0.0975. The predicted molar refractivity (Wildman–Crippen MR) is 61.2 cm³/mol. The summed E-state index contributed by atoms with van der Waals surface area (Å²) in [4.78, 5) is 31.3. The molecule has 0 saturated heterocycles. The summed E-state index contributed by atoms with van der Waals surface area (Å²) in [6.45, 7) is 1.87. The van der Waals surface area contributed by atoms with Gasteiger partial charge in [-0.3, -0.25) is 4.79 Å². The van der Waals surface area contributed by atoms with Gasteiger partial charge in [0.1, 0.15) is 5.52 Å². The van der Waals surface area contributed by atoms with Crippen LogP contribution >= 0.6 is 0 Å². The number of hydrogen-bond donors (Lipinski definition) is 1. The van der Waals surface area contributed by atoms with Crippen LogP contribution in [0.2, 0.25) is 0 Å². The molecular formula is C11H11N3O4. The third kappa shape index (κ3) is 2.15. The lowest BCUT2D eigenvalue weighted by Gasteiger charge is -2.13. The number of imide groups is 1. The van der Waals surface area contributed by atoms with Crippen molar-refractivity contribution in [2.45, 2.75) is 13.3 Å². The van der Waals surface area contributed by atoms with Crippen LogP contribution in [-0.4, -0.2) is 38.5 Å². The minimum Gasteiger partial charge on any atom is -0.465 e. The topological polar surface area (TPSA) is 96.5 Å². The molecular weight excluding hydrogens is 238 g/mol. The van der Waals surface area contributed by atoms with Gasteiger partial charge < -0.3 is 9.52 Å². The van der Waals surface area contributed by atoms with Crippen LogP contribution in [0.25, 0.3) is 11.2 Å². The van der Waals surface area contributed by atoms with Gasteiger partial charge >= 0.3 is 12.0 Å². The van der Waals surface area contributed by atoms with Crippen molar-refractivity contribution < 1.29 is 19.1 Å². The molecule has 0 bridgehead atoms. The molecule has 0 aliphatic heterocycles. The SMILES string of the molecule is CCCN(C(=O)O)C(=O)c1nc2cccnc2o1. The second kappa shape index (κ2) is 4.82. The Morgan fingerprint density at radius 2 is 2.28 bits per heavy atom. The van der Waals surface area contributed by atoms with Gasteiger partial charge in [0, 0.05) is 12.7 Å². The molecule has 0 aliphatic carbocycles. The second-order valence-corrected chi connectivity index (χ2v) is 3.59. The van der Waals surface area contributed by atoms with Crippen molar-refractivity contribution in [1.29, 1.82) is 0 Å². The highest BCUT2D eigenvalue weighted by atomic mass is 16.4. The zero-order valence-electron chi connectivity index (χ0n) is 9.66. The Kier molecular flexibility index (Phi) is 3.22. The van der Waals surface area contributed by atoms with Crippen LogP contribution < -0.4 is 0 Å². The lowest BCUT2D eigenvalue weighted by Crippen LogP contribution is -2.36. The molecule has 2 amide bonds. The first-order valence-corrected chi connectivity index (χ1v) is 5.40. The molecule has 0 saturated carbocycles. The van der Waals surface area contributed by atoms with Gasteiger partial charge in [-0.15, -0.1) is 0 Å². The van der Waals surface area contributed by atoms with Gasteiger partial charge in [-0.05, 0) is 18.6 Å². The van der Waals surface area contributed by atoms with Crippen molar-refractivity contribution in [3.63, 3.8) is 0 Å². The fourth-order valence-electron chi connectivity index (χ4n) is 1.48. The van der Waals surface area contributed by atoms with Crippen LogP contribution in [0.15, 0.2) is 22.7 Å². The van der Waals surface area contributed by atoms with E-state index in [1.165, 1.54) is 6.20 Å². The number of oxazole rings is 1. The predicted octanol–water partition coefficient (Wildman–Crippen LogP) is 1.75. The number of hydrogen-bond acceptors (Lipinski definition) is 5. The zero-order chi connectivity index (χ0) is 13.1. The van der Waals surface area contributed by atoms with Crippen LogP contribution in [0.1, 0.15) is 24.0 Å². The van der Waals surface area contributed by atoms with Crippen LogP contribution in [0.3, 0.4) is 0 Å². The molecule has 94 valence electrons. The van der Waals surface area contributed by atoms with E-state index in [1.54, 1.807) is 19.1 Å². The van der Waals surface area contributed by atoms with Crippen molar-refractivity contribution in [2.24, 2.45) is 0 Å². The van der Waals surface area contributed by atoms with Gasteiger partial charge in [0.2, 0.25) is 5.71 Å². The molecule has 2 heterocycles. The van der Waals surface area contributed by atoms with Crippen molar-refractivity contribution in [3.8, 4) is 0 Å². The van der Waals surface area contributed by atoms with Gasteiger partial charge in [0.15, 0.2) is 0 Å². The molecule has 1 N–H and O–H groups in total. The van der Waals surface area contributed by atoms with Gasteiger partial charge in [-0.25, -0.2) is 19.7 Å². The van der Waals surface area contributed by atoms with Crippen molar-refractivity contribution in [3.05, 3.63) is 24.2 Å². The van der Waals surface area contributed by atoms with E-state index in [1.807, 2.05) is 0 Å². The number of aromatic nitrogens is 2. The fraction of sp³-hybridized carbons (Fsp3) is 0.273. The smallest absolute Gasteiger partial charge is 0.414 e. The van der Waals surface area contributed by atoms with Crippen molar-refractivity contribution >= 4 is 23.2 Å². The second-order valence-electron chi connectivity index (χ2n) is 3.59. The van der Waals surface area contributed by atoms with Gasteiger partial charge in [-0.1, -0.05) is 6.92 Å². The number of amides is 2. The number of fused-ring (bicyclic) bond motifs is 1. The van der Waals surface area contributed by atoms with E-state index in [0.29, 0.717) is 16.8 Å². The van der Waals surface area contributed by atoms with Crippen LogP contribution in [0.4, 0.5) is 4.79 Å². The molecule has 0 aromatic carbocycles. The fourth-order valence-corrected chi connectivity index (χ4v) is 1.48. The Morgan fingerprint density at radius 3 is 2.89 bits per heavy atom. The van der Waals surface area contributed by atoms with E-state index in [9.17, 15) is 9.59 Å². The van der Waals surface area contributed by atoms with Crippen molar-refractivity contribution in [1.82, 2.24) is 14.9 Å². The summed E-state index contributed by atoms with van der Waals surface area (Å²) in [7, 11) is 0. The van der Waals surface area contributed by atoms with E-state index in [0.717, 1.165) is 0 Å². The Bertz CT molecular complexity index is 560. The summed E-state index contributed by atoms with van der Waals surface area (Å²) in [5.74, 6) is -1.04. The highest BCUT2D eigenvalue weighted by Crippen LogP contribution is 2.14. The van der Waals surface area contributed by atoms with E-state index in [-0.39, 0.29) is 18.1 Å². The summed E-state index contributed by atoms with van der Waals surface area (Å²) in [5.41, 5.74) is 0.630. The van der Waals surface area contributed by atoms with E-state index in [4.69, 9.17) is 9.52 Å². The van der Waals surface area contributed by atoms with Gasteiger partial charge in [0.25, 0.3) is 5.89 Å². The maximum absolute atomic E-state index is 11.9. The molecule has 0 atom stereocenters. The minimum atomic E-state index is -1.32. The van der Waals surface area contributed by atoms with Crippen LogP contribution in [0.5, 0.6) is 0 Å². The Hall–Kier alpha value is -2.44. The molecule has 0 aliphatic rings. The summed E-state index contributed by atoms with van der Waals surface area (Å²) in [6.07, 6.45) is 0.705. The molecule has 7 heteroatoms. The molecule has 2 rings (SSSR count). The average molecular weight is 249 g/mol. The lowest BCUT2D eigenvalue weighted by molar-refractivity contribution is 0.0706. The maximum atomic E-state index is 11.9. The Balaban J connectivity index is 2.34. The first-order chi connectivity index (χ1) is 8.63. The third-order valence-electron chi connectivity index (χ3n) is 2.27. The molecule has 0 spiro atoms. The maximum Gasteiger partial charge on any atom is 0.414 e. The third-order valence-corrected chi connectivity index (χ3v) is 2.27. The van der Waals surface area contributed by atoms with E-state index >= 15 is 0 Å². The van der Waals surface area contributed by atoms with Crippen molar-refractivity contribution in [2.75, 3.05) is 6.54 Å². The largest absolute Gasteiger partial charge is 0.465 e. The first-order valence-electron chi connectivity index (χ1n) is 5.40. The quantitative estimate of drug-likeness (QED) is 0.890. The Labute approximate surface area is 102 Å². The molecule has 0 unspecified atom stereocenters. The van der Waals surface area contributed by atoms with E-state index < -0.39 is 12.0 Å². The lowest BCUT2D eigenvalue weighted by atomic mass is 10.4. The van der Waals surface area contributed by atoms with Gasteiger partial charge in [-0.2, -0.15) is 0 Å². The monoisotopic (exact) mass is 249 g/mol.